The predicted molar refractivity (Wildman–Crippen MR) is 193 cm³/mol. The molecule has 10 heteroatoms. The molecule has 1 radical (unpaired) electrons. The summed E-state index contributed by atoms with van der Waals surface area (Å²) in [5, 5.41) is 2.95. The van der Waals surface area contributed by atoms with Gasteiger partial charge in [0, 0.05) is 59.8 Å². The van der Waals surface area contributed by atoms with Gasteiger partial charge in [0.05, 0.1) is 0 Å². The molecule has 0 amide bonds. The Hall–Kier alpha value is -4.50. The Morgan fingerprint density at radius 1 is 0.863 bits per heavy atom. The van der Waals surface area contributed by atoms with Crippen LogP contribution in [0, 0.1) is 36.4 Å². The number of rotatable bonds is 5. The van der Waals surface area contributed by atoms with Crippen molar-refractivity contribution in [3.8, 4) is 39.3 Å². The van der Waals surface area contributed by atoms with Gasteiger partial charge in [0.1, 0.15) is 0 Å². The quantitative estimate of drug-likeness (QED) is 0.128. The Morgan fingerprint density at radius 2 is 1.63 bits per heavy atom. The van der Waals surface area contributed by atoms with Crippen molar-refractivity contribution in [2.24, 2.45) is 5.41 Å². The average molecular weight is 891 g/mol. The number of aryl methyl sites for hydroxylation is 2. The van der Waals surface area contributed by atoms with Gasteiger partial charge in [0.2, 0.25) is 5.82 Å². The minimum atomic E-state index is -4.80. The SMILES string of the molecule is Fc1c[c-]c(-c2ccccn2)cc1.[2H]C([2H])([2H])c1cnc(-c2[c-]sc3c2nc(C(F)(F)F)n3-c2ccccc2)cc1-c1ccc(C([2H])([2H])C(C)(C)C)cc1C([2H])([2H])[2H].[Ir]. The second-order valence-electron chi connectivity index (χ2n) is 12.2. The molecule has 0 aliphatic rings. The topological polar surface area (TPSA) is 43.6 Å². The van der Waals surface area contributed by atoms with Gasteiger partial charge in [-0.25, -0.2) is 11.3 Å². The van der Waals surface area contributed by atoms with E-state index in [1.807, 2.05) is 18.2 Å². The Balaban J connectivity index is 0.000000399. The van der Waals surface area contributed by atoms with Crippen LogP contribution >= 0.6 is 11.3 Å². The maximum atomic E-state index is 14.2. The zero-order valence-corrected chi connectivity index (χ0v) is 30.6. The number of hydrogen-bond donors (Lipinski definition) is 0. The molecule has 4 heterocycles. The van der Waals surface area contributed by atoms with Crippen LogP contribution < -0.4 is 0 Å². The summed E-state index contributed by atoms with van der Waals surface area (Å²) < 4.78 is 122. The molecule has 0 atom stereocenters. The van der Waals surface area contributed by atoms with Crippen molar-refractivity contribution in [3.05, 3.63) is 143 Å². The summed E-state index contributed by atoms with van der Waals surface area (Å²) in [6, 6.07) is 26.0. The molecule has 0 aliphatic heterocycles. The molecule has 0 unspecified atom stereocenters. The normalized spacial score (nSPS) is 14.6. The smallest absolute Gasteiger partial charge is 0.329 e. The third-order valence-electron chi connectivity index (χ3n) is 7.29. The summed E-state index contributed by atoms with van der Waals surface area (Å²) in [6.07, 6.45) is -3.98. The molecule has 4 nitrogen and oxygen atoms in total. The fourth-order valence-electron chi connectivity index (χ4n) is 5.18. The summed E-state index contributed by atoms with van der Waals surface area (Å²) >= 11 is 0.886. The third-order valence-corrected chi connectivity index (χ3v) is 8.17. The van der Waals surface area contributed by atoms with E-state index in [2.05, 4.69) is 26.4 Å². The standard InChI is InChI=1S/C30H27F3N3S.C11H7FN.Ir/c1-18-13-20(15-29(3,4)5)11-12-22(18)23-14-25(34-16-19(23)2)24-17-37-27-26(24)35-28(30(31,32)33)36(27)21-9-7-6-8-10-21;12-10-6-4-9(5-7-10)11-3-1-2-8-13-11;/h6-14,16H,15H2,1-5H3;1-4,6-8H;/q2*-1;/i1D3,2D3,15D2;;. The molecule has 0 aliphatic carbocycles. The van der Waals surface area contributed by atoms with Gasteiger partial charge in [-0.2, -0.15) is 13.2 Å². The van der Waals surface area contributed by atoms with Crippen LogP contribution in [0.2, 0.25) is 0 Å². The van der Waals surface area contributed by atoms with E-state index in [4.69, 9.17) is 11.0 Å². The number of nitrogens with zero attached hydrogens (tertiary/aromatic N) is 4. The van der Waals surface area contributed by atoms with Gasteiger partial charge in [-0.3, -0.25) is 9.37 Å². The van der Waals surface area contributed by atoms with Crippen molar-refractivity contribution in [3.63, 3.8) is 0 Å². The average Bonchev–Trinajstić information content (AvgIpc) is 3.75. The van der Waals surface area contributed by atoms with Crippen LogP contribution in [0.4, 0.5) is 17.6 Å². The summed E-state index contributed by atoms with van der Waals surface area (Å²) in [5.74, 6) is -1.43. The zero-order valence-electron chi connectivity index (χ0n) is 35.4. The first kappa shape index (κ1) is 28.1. The molecule has 51 heavy (non-hydrogen) atoms. The third kappa shape index (κ3) is 8.70. The fourth-order valence-corrected chi connectivity index (χ4v) is 6.11. The second kappa shape index (κ2) is 15.4. The number of fused-ring (bicyclic) bond motifs is 1. The number of pyridine rings is 2. The first-order valence-corrected chi connectivity index (χ1v) is 16.1. The van der Waals surface area contributed by atoms with Crippen LogP contribution in [0.25, 0.3) is 49.7 Å². The number of hydrogen-bond acceptors (Lipinski definition) is 4. The molecular formula is C41H34F4IrN4S-2. The largest absolute Gasteiger partial charge is 0.448 e. The van der Waals surface area contributed by atoms with Crippen molar-refractivity contribution in [1.29, 1.82) is 0 Å². The van der Waals surface area contributed by atoms with Gasteiger partial charge in [0.25, 0.3) is 0 Å². The van der Waals surface area contributed by atoms with Crippen molar-refractivity contribution in [1.82, 2.24) is 19.5 Å². The number of alkyl halides is 3. The van der Waals surface area contributed by atoms with E-state index < -0.39 is 37.5 Å². The van der Waals surface area contributed by atoms with E-state index in [-0.39, 0.29) is 81.0 Å². The molecule has 0 bridgehead atoms. The molecule has 4 aromatic heterocycles. The van der Waals surface area contributed by atoms with E-state index in [1.165, 1.54) is 48.5 Å². The van der Waals surface area contributed by atoms with Crippen LogP contribution in [-0.4, -0.2) is 19.5 Å². The van der Waals surface area contributed by atoms with Crippen LogP contribution in [0.15, 0.2) is 103 Å². The predicted octanol–water partition coefficient (Wildman–Crippen LogP) is 11.5. The Kier molecular flexibility index (Phi) is 8.49. The van der Waals surface area contributed by atoms with Crippen molar-refractivity contribution in [2.45, 2.75) is 47.0 Å². The molecule has 7 rings (SSSR count). The molecule has 0 fully saturated rings. The van der Waals surface area contributed by atoms with E-state index in [1.54, 1.807) is 51.2 Å². The number of thiophene rings is 1. The molecule has 0 saturated heterocycles. The van der Waals surface area contributed by atoms with Gasteiger partial charge in [-0.05, 0) is 88.4 Å². The molecule has 7 aromatic rings. The van der Waals surface area contributed by atoms with E-state index >= 15 is 0 Å². The van der Waals surface area contributed by atoms with Crippen molar-refractivity contribution in [2.75, 3.05) is 0 Å². The Bertz CT molecular complexity index is 2550. The van der Waals surface area contributed by atoms with Gasteiger partial charge < -0.3 is 14.5 Å². The number of aromatic nitrogens is 4. The number of imidazole rings is 1. The van der Waals surface area contributed by atoms with Crippen molar-refractivity contribution < 1.29 is 48.6 Å². The first-order valence-electron chi connectivity index (χ1n) is 19.3. The van der Waals surface area contributed by atoms with E-state index in [0.717, 1.165) is 33.4 Å². The fraction of sp³-hybridized carbons (Fsp3) is 0.195. The maximum absolute atomic E-state index is 14.2. The first-order chi connectivity index (χ1) is 27.0. The summed E-state index contributed by atoms with van der Waals surface area (Å²) in [4.78, 5) is 12.5. The molecule has 0 N–H and O–H groups in total. The maximum Gasteiger partial charge on any atom is 0.448 e. The van der Waals surface area contributed by atoms with Crippen LogP contribution in [-0.2, 0) is 32.7 Å². The summed E-state index contributed by atoms with van der Waals surface area (Å²) in [5.41, 5.74) is 0.565. The van der Waals surface area contributed by atoms with Gasteiger partial charge in [0.15, 0.2) is 0 Å². The number of halogens is 4. The van der Waals surface area contributed by atoms with Gasteiger partial charge in [-0.15, -0.1) is 29.8 Å². The van der Waals surface area contributed by atoms with E-state index in [9.17, 15) is 17.6 Å². The Labute approximate surface area is 323 Å². The zero-order chi connectivity index (χ0) is 42.4. The van der Waals surface area contributed by atoms with E-state index in [0.29, 0.717) is 0 Å². The second-order valence-corrected chi connectivity index (χ2v) is 13.0. The monoisotopic (exact) mass is 891 g/mol. The van der Waals surface area contributed by atoms with Crippen LogP contribution in [0.3, 0.4) is 0 Å². The van der Waals surface area contributed by atoms with Gasteiger partial charge in [-0.1, -0.05) is 86.3 Å². The summed E-state index contributed by atoms with van der Waals surface area (Å²) in [7, 11) is 0. The number of para-hydroxylation sites is 1. The minimum absolute atomic E-state index is 0. The minimum Gasteiger partial charge on any atom is -0.329 e. The molecule has 263 valence electrons. The molecule has 3 aromatic carbocycles. The van der Waals surface area contributed by atoms with Crippen LogP contribution in [0.5, 0.6) is 0 Å². The number of benzene rings is 3. The Morgan fingerprint density at radius 3 is 2.27 bits per heavy atom. The molecule has 0 saturated carbocycles. The summed E-state index contributed by atoms with van der Waals surface area (Å²) in [6.45, 7) is -0.470. The van der Waals surface area contributed by atoms with Gasteiger partial charge >= 0.3 is 6.18 Å². The van der Waals surface area contributed by atoms with Crippen LogP contribution in [0.1, 0.15) is 54.3 Å². The van der Waals surface area contributed by atoms with Crippen molar-refractivity contribution >= 4 is 21.7 Å². The molecule has 0 spiro atoms. The molecular weight excluding hydrogens is 849 g/mol.